The lowest BCUT2D eigenvalue weighted by Gasteiger charge is -2.35. The third-order valence-corrected chi connectivity index (χ3v) is 7.11. The molecule has 0 bridgehead atoms. The van der Waals surface area contributed by atoms with E-state index < -0.39 is 46.4 Å². The molecule has 0 radical (unpaired) electrons. The van der Waals surface area contributed by atoms with E-state index in [-0.39, 0.29) is 22.9 Å². The Labute approximate surface area is 204 Å². The Bertz CT molecular complexity index is 1460. The second-order valence-corrected chi connectivity index (χ2v) is 8.80. The van der Waals surface area contributed by atoms with Crippen molar-refractivity contribution in [3.63, 3.8) is 0 Å². The standard InChI is InChI=1S/C26H19N3O7/c1-35-18-9-8-15(29(33)34)13-17(18)28-25(31)20-21(26(28)32)23(24(30)19-7-4-12-36-19)27-11-10-14-5-2-3-6-16(14)22(20)27/h2-13,20-23H,1H3. The van der Waals surface area contributed by atoms with Crippen LogP contribution in [0.1, 0.15) is 27.7 Å². The molecule has 2 fully saturated rings. The molecule has 0 spiro atoms. The summed E-state index contributed by atoms with van der Waals surface area (Å²) in [7, 11) is 1.35. The van der Waals surface area contributed by atoms with Gasteiger partial charge in [-0.25, -0.2) is 4.90 Å². The maximum atomic E-state index is 14.0. The number of nitro groups is 1. The number of rotatable bonds is 5. The van der Waals surface area contributed by atoms with Crippen molar-refractivity contribution in [2.45, 2.75) is 12.1 Å². The number of ether oxygens (including phenoxy) is 1. The normalized spacial score (nSPS) is 23.9. The van der Waals surface area contributed by atoms with Gasteiger partial charge in [0.15, 0.2) is 5.76 Å². The van der Waals surface area contributed by atoms with Crippen LogP contribution in [0, 0.1) is 22.0 Å². The highest BCUT2D eigenvalue weighted by atomic mass is 16.6. The third-order valence-electron chi connectivity index (χ3n) is 7.11. The van der Waals surface area contributed by atoms with Crippen LogP contribution >= 0.6 is 0 Å². The number of hydrogen-bond acceptors (Lipinski definition) is 8. The van der Waals surface area contributed by atoms with E-state index in [1.54, 1.807) is 17.2 Å². The summed E-state index contributed by atoms with van der Waals surface area (Å²) in [6.07, 6.45) is 4.97. The zero-order valence-electron chi connectivity index (χ0n) is 18.9. The first kappa shape index (κ1) is 21.8. The molecule has 0 N–H and O–H groups in total. The molecule has 1 aromatic heterocycles. The summed E-state index contributed by atoms with van der Waals surface area (Å²) in [5, 5.41) is 11.4. The first-order valence-electron chi connectivity index (χ1n) is 11.2. The van der Waals surface area contributed by atoms with E-state index in [2.05, 4.69) is 0 Å². The summed E-state index contributed by atoms with van der Waals surface area (Å²) in [5.41, 5.74) is 1.39. The van der Waals surface area contributed by atoms with E-state index in [0.717, 1.165) is 22.1 Å². The molecule has 3 aliphatic rings. The van der Waals surface area contributed by atoms with Crippen molar-refractivity contribution >= 4 is 35.0 Å². The van der Waals surface area contributed by atoms with E-state index in [0.29, 0.717) is 0 Å². The van der Waals surface area contributed by atoms with Crippen molar-refractivity contribution in [3.8, 4) is 5.75 Å². The topological polar surface area (TPSA) is 123 Å². The number of fused-ring (bicyclic) bond motifs is 5. The number of imide groups is 1. The number of carbonyl (C=O) groups is 3. The smallest absolute Gasteiger partial charge is 0.271 e. The molecule has 3 aliphatic heterocycles. The van der Waals surface area contributed by atoms with Crippen molar-refractivity contribution in [2.75, 3.05) is 12.0 Å². The zero-order valence-corrected chi connectivity index (χ0v) is 18.9. The number of carbonyl (C=O) groups excluding carboxylic acids is 3. The lowest BCUT2D eigenvalue weighted by Crippen LogP contribution is -2.44. The zero-order chi connectivity index (χ0) is 25.1. The lowest BCUT2D eigenvalue weighted by atomic mass is 9.84. The average Bonchev–Trinajstić information content (AvgIpc) is 3.60. The maximum Gasteiger partial charge on any atom is 0.271 e. The molecule has 0 aliphatic carbocycles. The van der Waals surface area contributed by atoms with Gasteiger partial charge in [0.05, 0.1) is 36.2 Å². The third kappa shape index (κ3) is 2.94. The van der Waals surface area contributed by atoms with Gasteiger partial charge in [-0.05, 0) is 35.4 Å². The Morgan fingerprint density at radius 3 is 2.56 bits per heavy atom. The fraction of sp³-hybridized carbons (Fsp3) is 0.192. The molecule has 3 aromatic rings. The van der Waals surface area contributed by atoms with Crippen LogP contribution in [0.5, 0.6) is 5.75 Å². The minimum Gasteiger partial charge on any atom is -0.495 e. The fourth-order valence-corrected chi connectivity index (χ4v) is 5.63. The van der Waals surface area contributed by atoms with Gasteiger partial charge in [-0.1, -0.05) is 24.3 Å². The summed E-state index contributed by atoms with van der Waals surface area (Å²) in [6.45, 7) is 0. The van der Waals surface area contributed by atoms with Gasteiger partial charge < -0.3 is 14.1 Å². The SMILES string of the molecule is COc1ccc([N+](=O)[O-])cc1N1C(=O)C2C(C1=O)C1c3ccccc3C=CN1C2C(=O)c1ccco1. The molecule has 4 unspecified atom stereocenters. The number of Topliss-reactive ketones (excluding diaryl/α,β-unsaturated/α-hetero) is 1. The minimum atomic E-state index is -1.03. The molecule has 6 rings (SSSR count). The van der Waals surface area contributed by atoms with E-state index in [9.17, 15) is 24.5 Å². The Morgan fingerprint density at radius 2 is 1.83 bits per heavy atom. The minimum absolute atomic E-state index is 0.0218. The quantitative estimate of drug-likeness (QED) is 0.232. The summed E-state index contributed by atoms with van der Waals surface area (Å²) in [6, 6.07) is 12.8. The van der Waals surface area contributed by atoms with Crippen LogP contribution in [-0.4, -0.2) is 40.6 Å². The number of methoxy groups -OCH3 is 1. The first-order valence-corrected chi connectivity index (χ1v) is 11.2. The summed E-state index contributed by atoms with van der Waals surface area (Å²) in [5.74, 6) is -3.28. The number of non-ortho nitro benzene ring substituents is 1. The molecular formula is C26H19N3O7. The second-order valence-electron chi connectivity index (χ2n) is 8.80. The fourth-order valence-electron chi connectivity index (χ4n) is 5.63. The van der Waals surface area contributed by atoms with E-state index >= 15 is 0 Å². The van der Waals surface area contributed by atoms with Crippen LogP contribution < -0.4 is 9.64 Å². The highest BCUT2D eigenvalue weighted by Crippen LogP contribution is 2.54. The van der Waals surface area contributed by atoms with Crippen molar-refractivity contribution < 1.29 is 28.5 Å². The Morgan fingerprint density at radius 1 is 1.06 bits per heavy atom. The first-order chi connectivity index (χ1) is 17.4. The molecule has 180 valence electrons. The van der Waals surface area contributed by atoms with Crippen LogP contribution in [0.2, 0.25) is 0 Å². The Balaban J connectivity index is 1.52. The van der Waals surface area contributed by atoms with Gasteiger partial charge in [0.25, 0.3) is 5.69 Å². The predicted octanol–water partition coefficient (Wildman–Crippen LogP) is 3.59. The van der Waals surface area contributed by atoms with Gasteiger partial charge in [-0.2, -0.15) is 0 Å². The molecule has 10 nitrogen and oxygen atoms in total. The Kier molecular flexibility index (Phi) is 4.78. The van der Waals surface area contributed by atoms with Crippen molar-refractivity contribution in [1.82, 2.24) is 4.90 Å². The number of furan rings is 1. The van der Waals surface area contributed by atoms with Crippen molar-refractivity contribution in [2.24, 2.45) is 11.8 Å². The molecule has 4 atom stereocenters. The van der Waals surface area contributed by atoms with Crippen molar-refractivity contribution in [3.05, 3.63) is 94.1 Å². The second kappa shape index (κ2) is 7.91. The highest BCUT2D eigenvalue weighted by molar-refractivity contribution is 6.25. The van der Waals surface area contributed by atoms with Gasteiger partial charge in [-0.15, -0.1) is 0 Å². The van der Waals surface area contributed by atoms with E-state index in [1.165, 1.54) is 31.6 Å². The number of nitro benzene ring substituents is 1. The monoisotopic (exact) mass is 485 g/mol. The summed E-state index contributed by atoms with van der Waals surface area (Å²) in [4.78, 5) is 55.0. The molecule has 4 heterocycles. The number of nitrogens with zero attached hydrogens (tertiary/aromatic N) is 3. The van der Waals surface area contributed by atoms with Crippen molar-refractivity contribution in [1.29, 1.82) is 0 Å². The highest BCUT2D eigenvalue weighted by Gasteiger charge is 2.65. The molecule has 2 amide bonds. The molecule has 2 saturated heterocycles. The maximum absolute atomic E-state index is 14.0. The summed E-state index contributed by atoms with van der Waals surface area (Å²) < 4.78 is 10.7. The summed E-state index contributed by atoms with van der Waals surface area (Å²) >= 11 is 0. The average molecular weight is 485 g/mol. The predicted molar refractivity (Wildman–Crippen MR) is 126 cm³/mol. The number of anilines is 1. The van der Waals surface area contributed by atoms with Gasteiger partial charge in [-0.3, -0.25) is 24.5 Å². The molecular weight excluding hydrogens is 466 g/mol. The van der Waals surface area contributed by atoms with E-state index in [1.807, 2.05) is 30.3 Å². The van der Waals surface area contributed by atoms with E-state index in [4.69, 9.17) is 9.15 Å². The molecule has 2 aromatic carbocycles. The number of hydrogen-bond donors (Lipinski definition) is 0. The molecule has 0 saturated carbocycles. The van der Waals surface area contributed by atoms with Crippen LogP contribution in [0.15, 0.2) is 71.5 Å². The molecule has 36 heavy (non-hydrogen) atoms. The van der Waals surface area contributed by atoms with Gasteiger partial charge in [0.1, 0.15) is 17.5 Å². The van der Waals surface area contributed by atoms with Crippen LogP contribution in [-0.2, 0) is 9.59 Å². The van der Waals surface area contributed by atoms with Crippen LogP contribution in [0.25, 0.3) is 6.08 Å². The number of amides is 2. The van der Waals surface area contributed by atoms with Gasteiger partial charge in [0.2, 0.25) is 17.6 Å². The Hall–Kier alpha value is -4.73. The van der Waals surface area contributed by atoms with Gasteiger partial charge in [0, 0.05) is 18.3 Å². The largest absolute Gasteiger partial charge is 0.495 e. The lowest BCUT2D eigenvalue weighted by molar-refractivity contribution is -0.384. The number of benzene rings is 2. The van der Waals surface area contributed by atoms with Crippen LogP contribution in [0.4, 0.5) is 11.4 Å². The van der Waals surface area contributed by atoms with Crippen LogP contribution in [0.3, 0.4) is 0 Å². The number of ketones is 1. The molecule has 10 heteroatoms. The van der Waals surface area contributed by atoms with Gasteiger partial charge >= 0.3 is 0 Å².